The summed E-state index contributed by atoms with van der Waals surface area (Å²) in [6.45, 7) is 2.78. The predicted molar refractivity (Wildman–Crippen MR) is 141 cm³/mol. The Bertz CT molecular complexity index is 1180. The van der Waals surface area contributed by atoms with Crippen molar-refractivity contribution in [2.24, 2.45) is 10.9 Å². The highest BCUT2D eigenvalue weighted by atomic mass is 19.4. The van der Waals surface area contributed by atoms with E-state index < -0.39 is 30.1 Å². The lowest BCUT2D eigenvalue weighted by atomic mass is 10.0. The van der Waals surface area contributed by atoms with Crippen LogP contribution >= 0.6 is 0 Å². The fourth-order valence-electron chi connectivity index (χ4n) is 5.13. The lowest BCUT2D eigenvalue weighted by Crippen LogP contribution is -2.46. The zero-order valence-corrected chi connectivity index (χ0v) is 21.7. The van der Waals surface area contributed by atoms with Gasteiger partial charge in [-0.1, -0.05) is 36.4 Å². The number of aryl methyl sites for hydroxylation is 1. The van der Waals surface area contributed by atoms with Gasteiger partial charge in [0.15, 0.2) is 0 Å². The molecule has 1 atom stereocenters. The van der Waals surface area contributed by atoms with Gasteiger partial charge in [-0.2, -0.15) is 13.2 Å². The molecule has 4 rings (SSSR count). The van der Waals surface area contributed by atoms with E-state index in [2.05, 4.69) is 15.2 Å². The maximum atomic E-state index is 12.8. The van der Waals surface area contributed by atoms with Crippen LogP contribution in [0, 0.1) is 5.92 Å². The van der Waals surface area contributed by atoms with Crippen LogP contribution in [0.4, 0.5) is 13.2 Å². The average molecular weight is 543 g/mol. The van der Waals surface area contributed by atoms with E-state index in [9.17, 15) is 27.6 Å². The number of amides is 3. The van der Waals surface area contributed by atoms with E-state index in [1.807, 2.05) is 35.2 Å². The first-order valence-corrected chi connectivity index (χ1v) is 13.3. The highest BCUT2D eigenvalue weighted by molar-refractivity contribution is 5.97. The summed E-state index contributed by atoms with van der Waals surface area (Å²) in [6, 6.07) is 14.5. The molecule has 2 aromatic carbocycles. The number of rotatable bonds is 8. The zero-order chi connectivity index (χ0) is 27.8. The fourth-order valence-corrected chi connectivity index (χ4v) is 5.13. The van der Waals surface area contributed by atoms with E-state index in [0.717, 1.165) is 70.1 Å². The molecule has 208 valence electrons. The van der Waals surface area contributed by atoms with Gasteiger partial charge in [-0.3, -0.25) is 19.3 Å². The molecule has 0 saturated carbocycles. The lowest BCUT2D eigenvalue weighted by Gasteiger charge is -2.36. The minimum atomic E-state index is -4.55. The fraction of sp³-hybridized carbons (Fsp3) is 0.448. The number of nitrogens with one attached hydrogen (secondary N) is 1. The van der Waals surface area contributed by atoms with Crippen LogP contribution in [0.3, 0.4) is 0 Å². The highest BCUT2D eigenvalue weighted by Gasteiger charge is 2.32. The summed E-state index contributed by atoms with van der Waals surface area (Å²) in [7, 11) is 0. The number of alkyl halides is 3. The van der Waals surface area contributed by atoms with Crippen LogP contribution in [0.15, 0.2) is 59.6 Å². The molecule has 0 spiro atoms. The van der Waals surface area contributed by atoms with Gasteiger partial charge < -0.3 is 10.2 Å². The number of hydrogen-bond donors (Lipinski definition) is 1. The topological polar surface area (TPSA) is 82.1 Å². The zero-order valence-electron chi connectivity index (χ0n) is 21.7. The predicted octanol–water partition coefficient (Wildman–Crippen LogP) is 3.98. The van der Waals surface area contributed by atoms with Crippen molar-refractivity contribution < 1.29 is 27.6 Å². The van der Waals surface area contributed by atoms with Crippen LogP contribution in [-0.2, 0) is 22.2 Å². The summed E-state index contributed by atoms with van der Waals surface area (Å²) >= 11 is 0. The van der Waals surface area contributed by atoms with Crippen LogP contribution in [0.1, 0.15) is 47.2 Å². The van der Waals surface area contributed by atoms with Crippen LogP contribution in [0.25, 0.3) is 0 Å². The van der Waals surface area contributed by atoms with Gasteiger partial charge in [-0.05, 0) is 56.0 Å². The smallest absolute Gasteiger partial charge is 0.343 e. The van der Waals surface area contributed by atoms with E-state index in [-0.39, 0.29) is 17.4 Å². The first kappa shape index (κ1) is 28.5. The molecule has 0 bridgehead atoms. The second-order valence-corrected chi connectivity index (χ2v) is 10.1. The summed E-state index contributed by atoms with van der Waals surface area (Å²) in [5.41, 5.74) is 0.0738. The van der Waals surface area contributed by atoms with Crippen molar-refractivity contribution in [1.29, 1.82) is 0 Å². The van der Waals surface area contributed by atoms with Crippen LogP contribution in [-0.4, -0.2) is 72.5 Å². The van der Waals surface area contributed by atoms with E-state index in [1.54, 1.807) is 6.21 Å². The third-order valence-electron chi connectivity index (χ3n) is 7.34. The molecule has 2 heterocycles. The number of carbonyl (C=O) groups is 3. The second kappa shape index (κ2) is 13.0. The van der Waals surface area contributed by atoms with Gasteiger partial charge in [-0.25, -0.2) is 4.99 Å². The lowest BCUT2D eigenvalue weighted by molar-refractivity contribution is -0.137. The summed E-state index contributed by atoms with van der Waals surface area (Å²) in [4.78, 5) is 45.2. The summed E-state index contributed by atoms with van der Waals surface area (Å²) in [5, 5.41) is 2.33. The largest absolute Gasteiger partial charge is 0.416 e. The van der Waals surface area contributed by atoms with E-state index in [4.69, 9.17) is 0 Å². The molecule has 1 unspecified atom stereocenters. The number of hydrogen-bond acceptors (Lipinski definition) is 4. The summed E-state index contributed by atoms with van der Waals surface area (Å²) < 4.78 is 38.5. The Morgan fingerprint density at radius 2 is 1.72 bits per heavy atom. The average Bonchev–Trinajstić information content (AvgIpc) is 3.43. The monoisotopic (exact) mass is 542 g/mol. The molecule has 2 aliphatic rings. The van der Waals surface area contributed by atoms with Crippen LogP contribution in [0.5, 0.6) is 0 Å². The minimum absolute atomic E-state index is 0.110. The maximum Gasteiger partial charge on any atom is 0.416 e. The summed E-state index contributed by atoms with van der Waals surface area (Å²) in [6.07, 6.45) is 1.03. The van der Waals surface area contributed by atoms with Crippen molar-refractivity contribution in [3.8, 4) is 0 Å². The van der Waals surface area contributed by atoms with Gasteiger partial charge in [0.1, 0.15) is 0 Å². The molecule has 2 aromatic rings. The highest BCUT2D eigenvalue weighted by Crippen LogP contribution is 2.29. The van der Waals surface area contributed by atoms with Crippen molar-refractivity contribution in [1.82, 2.24) is 15.1 Å². The molecule has 10 heteroatoms. The number of halogens is 3. The van der Waals surface area contributed by atoms with E-state index in [0.29, 0.717) is 12.5 Å². The van der Waals surface area contributed by atoms with Crippen molar-refractivity contribution in [2.75, 3.05) is 32.7 Å². The molecule has 39 heavy (non-hydrogen) atoms. The van der Waals surface area contributed by atoms with Crippen molar-refractivity contribution in [2.45, 2.75) is 44.3 Å². The maximum absolute atomic E-state index is 12.8. The Balaban J connectivity index is 1.15. The molecular formula is C29H33F3N4O3. The third kappa shape index (κ3) is 8.23. The van der Waals surface area contributed by atoms with Crippen LogP contribution < -0.4 is 5.32 Å². The first-order chi connectivity index (χ1) is 18.7. The third-order valence-corrected chi connectivity index (χ3v) is 7.34. The Hall–Kier alpha value is -3.53. The first-order valence-electron chi connectivity index (χ1n) is 13.3. The van der Waals surface area contributed by atoms with Gasteiger partial charge in [0.25, 0.3) is 11.8 Å². The Kier molecular flexibility index (Phi) is 9.50. The normalized spacial score (nSPS) is 18.9. The summed E-state index contributed by atoms with van der Waals surface area (Å²) in [5.74, 6) is -1.02. The molecule has 1 N–H and O–H groups in total. The number of likely N-dealkylation sites (tertiary alicyclic amines) is 2. The molecule has 0 radical (unpaired) electrons. The molecule has 0 aliphatic carbocycles. The Labute approximate surface area is 226 Å². The van der Waals surface area contributed by atoms with Gasteiger partial charge in [0, 0.05) is 49.8 Å². The molecular weight excluding hydrogens is 509 g/mol. The van der Waals surface area contributed by atoms with Crippen LogP contribution in [0.2, 0.25) is 0 Å². The standard InChI is InChI=1S/C29H33F3N4O3/c30-29(31,32)24-8-4-7-23(17-24)28(39)34-19-26(37)33-18-22-11-14-36(20-22)25-12-15-35(16-13-25)27(38)10-9-21-5-2-1-3-6-21/h1-8,17-18,22,25H,9-16,19-20H2,(H,34,39). The van der Waals surface area contributed by atoms with Crippen molar-refractivity contribution in [3.05, 3.63) is 71.3 Å². The SMILES string of the molecule is O=C(CNC(=O)c1cccc(C(F)(F)F)c1)N=CC1CCN(C2CCN(C(=O)CCc3ccccc3)CC2)C1. The van der Waals surface area contributed by atoms with Crippen molar-refractivity contribution >= 4 is 23.9 Å². The van der Waals surface area contributed by atoms with Gasteiger partial charge in [0.05, 0.1) is 12.1 Å². The number of benzene rings is 2. The molecule has 2 fully saturated rings. The quantitative estimate of drug-likeness (QED) is 0.512. The number of aliphatic imine (C=N–C) groups is 1. The van der Waals surface area contributed by atoms with Gasteiger partial charge in [0.2, 0.25) is 5.91 Å². The van der Waals surface area contributed by atoms with Gasteiger partial charge >= 0.3 is 6.18 Å². The molecule has 2 saturated heterocycles. The van der Waals surface area contributed by atoms with Gasteiger partial charge in [-0.15, -0.1) is 0 Å². The molecule has 2 aliphatic heterocycles. The van der Waals surface area contributed by atoms with E-state index >= 15 is 0 Å². The van der Waals surface area contributed by atoms with Crippen molar-refractivity contribution in [3.63, 3.8) is 0 Å². The number of nitrogens with zero attached hydrogens (tertiary/aromatic N) is 3. The Morgan fingerprint density at radius 3 is 2.44 bits per heavy atom. The number of piperidine rings is 1. The molecule has 7 nitrogen and oxygen atoms in total. The molecule has 3 amide bonds. The minimum Gasteiger partial charge on any atom is -0.343 e. The second-order valence-electron chi connectivity index (χ2n) is 10.1. The van der Waals surface area contributed by atoms with E-state index in [1.165, 1.54) is 11.6 Å². The molecule has 0 aromatic heterocycles. The Morgan fingerprint density at radius 1 is 0.974 bits per heavy atom. The number of carbonyl (C=O) groups excluding carboxylic acids is 3.